The second kappa shape index (κ2) is 8.05. The van der Waals surface area contributed by atoms with E-state index in [1.54, 1.807) is 12.1 Å². The van der Waals surface area contributed by atoms with Crippen LogP contribution in [0, 0.1) is 0 Å². The van der Waals surface area contributed by atoms with Crippen molar-refractivity contribution >= 4 is 35.5 Å². The Morgan fingerprint density at radius 3 is 2.37 bits per heavy atom. The highest BCUT2D eigenvalue weighted by Crippen LogP contribution is 2.27. The van der Waals surface area contributed by atoms with Gasteiger partial charge in [-0.1, -0.05) is 41.9 Å². The Labute approximate surface area is 161 Å². The average Bonchev–Trinajstić information content (AvgIpc) is 2.62. The number of barbiturate groups is 1. The van der Waals surface area contributed by atoms with Crippen molar-refractivity contribution in [2.24, 2.45) is 0 Å². The minimum atomic E-state index is -0.827. The number of hydrogen-bond acceptors (Lipinski definition) is 4. The molecule has 0 aliphatic carbocycles. The Morgan fingerprint density at radius 2 is 1.70 bits per heavy atom. The van der Waals surface area contributed by atoms with Gasteiger partial charge in [0.15, 0.2) is 0 Å². The van der Waals surface area contributed by atoms with Crippen LogP contribution < -0.4 is 15.4 Å². The molecule has 2 aromatic carbocycles. The number of halogens is 1. The van der Waals surface area contributed by atoms with Gasteiger partial charge in [0.2, 0.25) is 0 Å². The summed E-state index contributed by atoms with van der Waals surface area (Å²) in [4.78, 5) is 34.9. The molecule has 0 aromatic heterocycles. The van der Waals surface area contributed by atoms with Crippen LogP contribution >= 0.6 is 11.6 Å². The standard InChI is InChI=1S/C20H17ClN2O4/c1-2-27-17-10-12(9-15-18(24)22-20(26)23-19(15)25)7-8-14(17)11-13-5-3-4-6-16(13)21/h3-10H,2,11H2,1H3,(H2,22,23,24,25,26). The maximum Gasteiger partial charge on any atom is 0.328 e. The summed E-state index contributed by atoms with van der Waals surface area (Å²) in [5, 5.41) is 4.76. The summed E-state index contributed by atoms with van der Waals surface area (Å²) in [5.74, 6) is -0.830. The molecule has 138 valence electrons. The first-order valence-corrected chi connectivity index (χ1v) is 8.73. The summed E-state index contributed by atoms with van der Waals surface area (Å²) < 4.78 is 5.72. The molecule has 0 spiro atoms. The van der Waals surface area contributed by atoms with E-state index in [0.717, 1.165) is 11.1 Å². The first kappa shape index (κ1) is 18.7. The number of benzene rings is 2. The Bertz CT molecular complexity index is 931. The van der Waals surface area contributed by atoms with Crippen molar-refractivity contribution in [3.8, 4) is 5.75 Å². The third kappa shape index (κ3) is 4.35. The highest BCUT2D eigenvalue weighted by molar-refractivity contribution is 6.31. The zero-order valence-electron chi connectivity index (χ0n) is 14.5. The van der Waals surface area contributed by atoms with E-state index in [-0.39, 0.29) is 5.57 Å². The van der Waals surface area contributed by atoms with Crippen LogP contribution in [0.4, 0.5) is 4.79 Å². The van der Waals surface area contributed by atoms with E-state index in [0.29, 0.717) is 29.4 Å². The first-order valence-electron chi connectivity index (χ1n) is 8.35. The van der Waals surface area contributed by atoms with E-state index in [4.69, 9.17) is 16.3 Å². The van der Waals surface area contributed by atoms with Crippen LogP contribution in [0.5, 0.6) is 5.75 Å². The molecule has 0 unspecified atom stereocenters. The van der Waals surface area contributed by atoms with Gasteiger partial charge in [0.25, 0.3) is 11.8 Å². The lowest BCUT2D eigenvalue weighted by atomic mass is 10.0. The van der Waals surface area contributed by atoms with E-state index in [2.05, 4.69) is 0 Å². The monoisotopic (exact) mass is 384 g/mol. The van der Waals surface area contributed by atoms with E-state index in [9.17, 15) is 14.4 Å². The average molecular weight is 385 g/mol. The number of amides is 4. The number of carbonyl (C=O) groups excluding carboxylic acids is 3. The molecule has 7 heteroatoms. The van der Waals surface area contributed by atoms with Gasteiger partial charge in [-0.25, -0.2) is 4.79 Å². The Morgan fingerprint density at radius 1 is 1.00 bits per heavy atom. The van der Waals surface area contributed by atoms with E-state index < -0.39 is 17.8 Å². The summed E-state index contributed by atoms with van der Waals surface area (Å²) >= 11 is 6.24. The fourth-order valence-electron chi connectivity index (χ4n) is 2.72. The summed E-state index contributed by atoms with van der Waals surface area (Å²) in [6.45, 7) is 2.34. The van der Waals surface area contributed by atoms with Crippen molar-refractivity contribution in [3.63, 3.8) is 0 Å². The topological polar surface area (TPSA) is 84.5 Å². The third-order valence-corrected chi connectivity index (χ3v) is 4.35. The van der Waals surface area contributed by atoms with Gasteiger partial charge >= 0.3 is 6.03 Å². The number of hydrogen-bond donors (Lipinski definition) is 2. The SMILES string of the molecule is CCOc1cc(C=C2C(=O)NC(=O)NC2=O)ccc1Cc1ccccc1Cl. The van der Waals surface area contributed by atoms with Crippen LogP contribution in [-0.2, 0) is 16.0 Å². The molecular formula is C20H17ClN2O4. The molecule has 3 rings (SSSR count). The van der Waals surface area contributed by atoms with Gasteiger partial charge in [-0.2, -0.15) is 0 Å². The quantitative estimate of drug-likeness (QED) is 0.613. The van der Waals surface area contributed by atoms with E-state index in [1.807, 2.05) is 47.9 Å². The van der Waals surface area contributed by atoms with Gasteiger partial charge in [0.05, 0.1) is 6.61 Å². The molecule has 1 fully saturated rings. The highest BCUT2D eigenvalue weighted by atomic mass is 35.5. The fourth-order valence-corrected chi connectivity index (χ4v) is 2.92. The molecule has 1 aliphatic heterocycles. The molecule has 1 heterocycles. The van der Waals surface area contributed by atoms with Gasteiger partial charge in [0.1, 0.15) is 11.3 Å². The normalized spacial score (nSPS) is 13.9. The zero-order chi connectivity index (χ0) is 19.4. The number of ether oxygens (including phenoxy) is 1. The molecule has 0 radical (unpaired) electrons. The number of urea groups is 1. The van der Waals surface area contributed by atoms with Crippen LogP contribution in [-0.4, -0.2) is 24.5 Å². The van der Waals surface area contributed by atoms with Crippen molar-refractivity contribution in [2.45, 2.75) is 13.3 Å². The molecular weight excluding hydrogens is 368 g/mol. The van der Waals surface area contributed by atoms with Gasteiger partial charge < -0.3 is 4.74 Å². The summed E-state index contributed by atoms with van der Waals surface area (Å²) in [6, 6.07) is 12.1. The lowest BCUT2D eigenvalue weighted by Gasteiger charge is -2.15. The van der Waals surface area contributed by atoms with Crippen molar-refractivity contribution in [1.29, 1.82) is 0 Å². The summed E-state index contributed by atoms with van der Waals surface area (Å²) in [6.07, 6.45) is 2.00. The Kier molecular flexibility index (Phi) is 5.57. The maximum atomic E-state index is 11.9. The molecule has 0 bridgehead atoms. The minimum Gasteiger partial charge on any atom is -0.494 e. The molecule has 2 N–H and O–H groups in total. The largest absolute Gasteiger partial charge is 0.494 e. The third-order valence-electron chi connectivity index (χ3n) is 3.98. The smallest absolute Gasteiger partial charge is 0.328 e. The van der Waals surface area contributed by atoms with Crippen LogP contribution in [0.2, 0.25) is 5.02 Å². The van der Waals surface area contributed by atoms with Crippen molar-refractivity contribution < 1.29 is 19.1 Å². The Hall–Kier alpha value is -3.12. The highest BCUT2D eigenvalue weighted by Gasteiger charge is 2.27. The van der Waals surface area contributed by atoms with Crippen molar-refractivity contribution in [3.05, 3.63) is 69.8 Å². The number of carbonyl (C=O) groups is 3. The Balaban J connectivity index is 1.93. The summed E-state index contributed by atoms with van der Waals surface area (Å²) in [5.41, 5.74) is 2.36. The maximum absolute atomic E-state index is 11.9. The van der Waals surface area contributed by atoms with Gasteiger partial charge in [0, 0.05) is 11.4 Å². The van der Waals surface area contributed by atoms with Crippen LogP contribution in [0.25, 0.3) is 6.08 Å². The first-order chi connectivity index (χ1) is 13.0. The van der Waals surface area contributed by atoms with E-state index in [1.165, 1.54) is 6.08 Å². The second-order valence-electron chi connectivity index (χ2n) is 5.86. The summed E-state index contributed by atoms with van der Waals surface area (Å²) in [7, 11) is 0. The zero-order valence-corrected chi connectivity index (χ0v) is 15.3. The number of nitrogens with one attached hydrogen (secondary N) is 2. The van der Waals surface area contributed by atoms with Gasteiger partial charge in [-0.15, -0.1) is 0 Å². The van der Waals surface area contributed by atoms with Crippen molar-refractivity contribution in [1.82, 2.24) is 10.6 Å². The molecule has 4 amide bonds. The predicted molar refractivity (Wildman–Crippen MR) is 102 cm³/mol. The fraction of sp³-hybridized carbons (Fsp3) is 0.150. The molecule has 6 nitrogen and oxygen atoms in total. The van der Waals surface area contributed by atoms with Gasteiger partial charge in [-0.3, -0.25) is 20.2 Å². The molecule has 1 saturated heterocycles. The number of imide groups is 2. The van der Waals surface area contributed by atoms with Crippen LogP contribution in [0.15, 0.2) is 48.0 Å². The number of rotatable bonds is 5. The lowest BCUT2D eigenvalue weighted by molar-refractivity contribution is -0.123. The molecule has 27 heavy (non-hydrogen) atoms. The molecule has 1 aliphatic rings. The molecule has 0 saturated carbocycles. The van der Waals surface area contributed by atoms with E-state index >= 15 is 0 Å². The minimum absolute atomic E-state index is 0.143. The predicted octanol–water partition coefficient (Wildman–Crippen LogP) is 3.08. The molecule has 2 aromatic rings. The van der Waals surface area contributed by atoms with Crippen LogP contribution in [0.3, 0.4) is 0 Å². The van der Waals surface area contributed by atoms with Gasteiger partial charge in [-0.05, 0) is 41.8 Å². The van der Waals surface area contributed by atoms with Crippen molar-refractivity contribution in [2.75, 3.05) is 6.61 Å². The van der Waals surface area contributed by atoms with Crippen LogP contribution in [0.1, 0.15) is 23.6 Å². The lowest BCUT2D eigenvalue weighted by Crippen LogP contribution is -2.51. The second-order valence-corrected chi connectivity index (χ2v) is 6.27. The molecule has 0 atom stereocenters.